The van der Waals surface area contributed by atoms with Crippen molar-refractivity contribution in [1.82, 2.24) is 15.4 Å². The van der Waals surface area contributed by atoms with Crippen LogP contribution in [0.25, 0.3) is 0 Å². The standard InChI is InChI=1S/C20H25N5O3/c1-15-12-19(23-20(22-15)25-10-4-3-5-11-25)28-14-18(26)24-21-13-16-6-8-17(27-2)9-7-16/h6-9,12-13H,3-5,10-11,14H2,1-2H3,(H,24,26). The van der Waals surface area contributed by atoms with E-state index < -0.39 is 0 Å². The van der Waals surface area contributed by atoms with E-state index in [0.29, 0.717) is 11.8 Å². The molecule has 28 heavy (non-hydrogen) atoms. The fraction of sp³-hybridized carbons (Fsp3) is 0.400. The fourth-order valence-corrected chi connectivity index (χ4v) is 2.87. The van der Waals surface area contributed by atoms with Crippen LogP contribution >= 0.6 is 0 Å². The monoisotopic (exact) mass is 383 g/mol. The van der Waals surface area contributed by atoms with Gasteiger partial charge in [0, 0.05) is 24.8 Å². The lowest BCUT2D eigenvalue weighted by atomic mass is 10.1. The summed E-state index contributed by atoms with van der Waals surface area (Å²) in [7, 11) is 1.61. The minimum Gasteiger partial charge on any atom is -0.497 e. The van der Waals surface area contributed by atoms with Crippen molar-refractivity contribution < 1.29 is 14.3 Å². The van der Waals surface area contributed by atoms with Crippen molar-refractivity contribution in [2.45, 2.75) is 26.2 Å². The van der Waals surface area contributed by atoms with Gasteiger partial charge in [-0.3, -0.25) is 4.79 Å². The second-order valence-corrected chi connectivity index (χ2v) is 6.55. The number of anilines is 1. The van der Waals surface area contributed by atoms with E-state index in [1.54, 1.807) is 19.4 Å². The molecule has 8 nitrogen and oxygen atoms in total. The third kappa shape index (κ3) is 5.67. The molecule has 1 aromatic heterocycles. The first-order chi connectivity index (χ1) is 13.6. The first-order valence-corrected chi connectivity index (χ1v) is 9.33. The number of aryl methyl sites for hydroxylation is 1. The van der Waals surface area contributed by atoms with E-state index in [4.69, 9.17) is 9.47 Å². The van der Waals surface area contributed by atoms with E-state index in [9.17, 15) is 4.79 Å². The minimum absolute atomic E-state index is 0.171. The van der Waals surface area contributed by atoms with Crippen LogP contribution in [0.2, 0.25) is 0 Å². The Morgan fingerprint density at radius 3 is 2.68 bits per heavy atom. The van der Waals surface area contributed by atoms with Gasteiger partial charge in [0.15, 0.2) is 6.61 Å². The third-order valence-corrected chi connectivity index (χ3v) is 4.33. The summed E-state index contributed by atoms with van der Waals surface area (Å²) in [5, 5.41) is 3.93. The van der Waals surface area contributed by atoms with Gasteiger partial charge in [-0.15, -0.1) is 0 Å². The predicted molar refractivity (Wildman–Crippen MR) is 107 cm³/mol. The summed E-state index contributed by atoms with van der Waals surface area (Å²) in [4.78, 5) is 23.0. The van der Waals surface area contributed by atoms with Crippen LogP contribution in [0.15, 0.2) is 35.4 Å². The van der Waals surface area contributed by atoms with Crippen LogP contribution < -0.4 is 19.8 Å². The Morgan fingerprint density at radius 2 is 1.96 bits per heavy atom. The lowest BCUT2D eigenvalue weighted by Crippen LogP contribution is -2.31. The average molecular weight is 383 g/mol. The van der Waals surface area contributed by atoms with Crippen molar-refractivity contribution in [2.24, 2.45) is 5.10 Å². The largest absolute Gasteiger partial charge is 0.497 e. The number of hydrazone groups is 1. The molecule has 1 fully saturated rings. The lowest BCUT2D eigenvalue weighted by molar-refractivity contribution is -0.123. The summed E-state index contributed by atoms with van der Waals surface area (Å²) in [6.45, 7) is 3.62. The van der Waals surface area contributed by atoms with Crippen molar-refractivity contribution in [1.29, 1.82) is 0 Å². The summed E-state index contributed by atoms with van der Waals surface area (Å²) < 4.78 is 10.6. The van der Waals surface area contributed by atoms with E-state index in [1.807, 2.05) is 31.2 Å². The molecule has 148 valence electrons. The summed E-state index contributed by atoms with van der Waals surface area (Å²) in [6, 6.07) is 9.06. The van der Waals surface area contributed by atoms with Crippen LogP contribution in [0.3, 0.4) is 0 Å². The molecule has 1 aliphatic rings. The van der Waals surface area contributed by atoms with E-state index in [-0.39, 0.29) is 12.5 Å². The summed E-state index contributed by atoms with van der Waals surface area (Å²) in [5.74, 6) is 1.45. The number of nitrogens with zero attached hydrogens (tertiary/aromatic N) is 4. The van der Waals surface area contributed by atoms with Gasteiger partial charge in [0.25, 0.3) is 5.91 Å². The number of hydrogen-bond donors (Lipinski definition) is 1. The Kier molecular flexibility index (Phi) is 6.78. The third-order valence-electron chi connectivity index (χ3n) is 4.33. The molecule has 0 unspecified atom stereocenters. The number of carbonyl (C=O) groups is 1. The highest BCUT2D eigenvalue weighted by atomic mass is 16.5. The molecule has 0 atom stereocenters. The van der Waals surface area contributed by atoms with E-state index in [1.165, 1.54) is 6.42 Å². The van der Waals surface area contributed by atoms with Crippen molar-refractivity contribution >= 4 is 18.1 Å². The van der Waals surface area contributed by atoms with Gasteiger partial charge in [0.1, 0.15) is 5.75 Å². The average Bonchev–Trinajstić information content (AvgIpc) is 2.73. The number of aromatic nitrogens is 2. The Hall–Kier alpha value is -3.16. The maximum atomic E-state index is 12.0. The molecule has 1 saturated heterocycles. The van der Waals surface area contributed by atoms with Crippen LogP contribution in [-0.4, -0.2) is 48.9 Å². The zero-order chi connectivity index (χ0) is 19.8. The Morgan fingerprint density at radius 1 is 1.21 bits per heavy atom. The van der Waals surface area contributed by atoms with Gasteiger partial charge >= 0.3 is 0 Å². The molecular formula is C20H25N5O3. The molecule has 2 aromatic rings. The van der Waals surface area contributed by atoms with Crippen LogP contribution in [-0.2, 0) is 4.79 Å². The molecule has 1 aromatic carbocycles. The van der Waals surface area contributed by atoms with Gasteiger partial charge in [-0.2, -0.15) is 10.1 Å². The maximum absolute atomic E-state index is 12.0. The first kappa shape index (κ1) is 19.6. The van der Waals surface area contributed by atoms with Gasteiger partial charge in [0.2, 0.25) is 11.8 Å². The topological polar surface area (TPSA) is 88.9 Å². The van der Waals surface area contributed by atoms with Crippen molar-refractivity contribution in [3.8, 4) is 11.6 Å². The zero-order valence-electron chi connectivity index (χ0n) is 16.2. The highest BCUT2D eigenvalue weighted by Crippen LogP contribution is 2.19. The first-order valence-electron chi connectivity index (χ1n) is 9.33. The maximum Gasteiger partial charge on any atom is 0.278 e. The van der Waals surface area contributed by atoms with Gasteiger partial charge in [-0.1, -0.05) is 0 Å². The number of hydrogen-bond acceptors (Lipinski definition) is 7. The van der Waals surface area contributed by atoms with Gasteiger partial charge < -0.3 is 14.4 Å². The lowest BCUT2D eigenvalue weighted by Gasteiger charge is -2.26. The summed E-state index contributed by atoms with van der Waals surface area (Å²) in [5.41, 5.74) is 4.10. The zero-order valence-corrected chi connectivity index (χ0v) is 16.2. The van der Waals surface area contributed by atoms with Gasteiger partial charge in [-0.25, -0.2) is 10.4 Å². The number of rotatable bonds is 7. The Labute approximate surface area is 164 Å². The van der Waals surface area contributed by atoms with Crippen molar-refractivity contribution in [2.75, 3.05) is 31.7 Å². The molecule has 0 radical (unpaired) electrons. The highest BCUT2D eigenvalue weighted by Gasteiger charge is 2.15. The quantitative estimate of drug-likeness (QED) is 0.583. The molecule has 1 N–H and O–H groups in total. The fourth-order valence-electron chi connectivity index (χ4n) is 2.87. The molecule has 0 aliphatic carbocycles. The SMILES string of the molecule is COc1ccc(C=NNC(=O)COc2cc(C)nc(N3CCCCC3)n2)cc1. The second kappa shape index (κ2) is 9.68. The number of ether oxygens (including phenoxy) is 2. The number of methoxy groups -OCH3 is 1. The number of carbonyl (C=O) groups excluding carboxylic acids is 1. The highest BCUT2D eigenvalue weighted by molar-refractivity contribution is 5.83. The van der Waals surface area contributed by atoms with E-state index in [0.717, 1.165) is 42.9 Å². The Bertz CT molecular complexity index is 817. The summed E-state index contributed by atoms with van der Waals surface area (Å²) >= 11 is 0. The smallest absolute Gasteiger partial charge is 0.278 e. The van der Waals surface area contributed by atoms with Crippen LogP contribution in [0.1, 0.15) is 30.5 Å². The normalized spacial score (nSPS) is 14.1. The van der Waals surface area contributed by atoms with Gasteiger partial charge in [-0.05, 0) is 56.0 Å². The molecule has 1 aliphatic heterocycles. The number of benzene rings is 1. The number of amides is 1. The van der Waals surface area contributed by atoms with E-state index in [2.05, 4.69) is 25.4 Å². The Balaban J connectivity index is 1.50. The van der Waals surface area contributed by atoms with Crippen molar-refractivity contribution in [3.63, 3.8) is 0 Å². The second-order valence-electron chi connectivity index (χ2n) is 6.55. The van der Waals surface area contributed by atoms with Gasteiger partial charge in [0.05, 0.1) is 13.3 Å². The molecule has 0 saturated carbocycles. The van der Waals surface area contributed by atoms with Crippen molar-refractivity contribution in [3.05, 3.63) is 41.6 Å². The molecule has 0 spiro atoms. The summed E-state index contributed by atoms with van der Waals surface area (Å²) in [6.07, 6.45) is 5.08. The molecule has 2 heterocycles. The molecular weight excluding hydrogens is 358 g/mol. The minimum atomic E-state index is -0.361. The molecule has 1 amide bonds. The van der Waals surface area contributed by atoms with Crippen LogP contribution in [0, 0.1) is 6.92 Å². The van der Waals surface area contributed by atoms with E-state index >= 15 is 0 Å². The predicted octanol–water partition coefficient (Wildman–Crippen LogP) is 2.31. The van der Waals surface area contributed by atoms with Crippen LogP contribution in [0.5, 0.6) is 11.6 Å². The molecule has 8 heteroatoms. The number of nitrogens with one attached hydrogen (secondary N) is 1. The van der Waals surface area contributed by atoms with Crippen LogP contribution in [0.4, 0.5) is 5.95 Å². The number of piperidine rings is 1. The molecule has 3 rings (SSSR count). The molecule has 0 bridgehead atoms.